The first-order valence-corrected chi connectivity index (χ1v) is 7.96. The van der Waals surface area contributed by atoms with Gasteiger partial charge in [0.2, 0.25) is 11.8 Å². The molecular weight excluding hydrogens is 320 g/mol. The van der Waals surface area contributed by atoms with Crippen LogP contribution in [0, 0.1) is 12.8 Å². The van der Waals surface area contributed by atoms with Crippen molar-refractivity contribution in [2.24, 2.45) is 5.92 Å². The van der Waals surface area contributed by atoms with E-state index in [1.54, 1.807) is 17.0 Å². The molecule has 6 nitrogen and oxygen atoms in total. The van der Waals surface area contributed by atoms with Gasteiger partial charge in [0.05, 0.1) is 17.2 Å². The average Bonchev–Trinajstić information content (AvgIpc) is 2.98. The molecule has 1 aliphatic heterocycles. The van der Waals surface area contributed by atoms with Gasteiger partial charge in [-0.15, -0.1) is 0 Å². The predicted octanol–water partition coefficient (Wildman–Crippen LogP) is 2.68. The van der Waals surface area contributed by atoms with Crippen LogP contribution in [0.3, 0.4) is 0 Å². The molecular formula is C19H18N2O4. The summed E-state index contributed by atoms with van der Waals surface area (Å²) in [6.07, 6.45) is 0.106. The van der Waals surface area contributed by atoms with Crippen LogP contribution in [0.2, 0.25) is 0 Å². The molecule has 0 unspecified atom stereocenters. The fourth-order valence-corrected chi connectivity index (χ4v) is 2.87. The van der Waals surface area contributed by atoms with Crippen molar-refractivity contribution in [3.05, 3.63) is 59.7 Å². The normalized spacial score (nSPS) is 16.8. The number of nitrogens with one attached hydrogen (secondary N) is 1. The lowest BCUT2D eigenvalue weighted by molar-refractivity contribution is -0.122. The molecule has 1 heterocycles. The number of nitrogens with zero attached hydrogens (tertiary/aromatic N) is 1. The number of aryl methyl sites for hydroxylation is 1. The fourth-order valence-electron chi connectivity index (χ4n) is 2.87. The molecule has 1 fully saturated rings. The second-order valence-electron chi connectivity index (χ2n) is 6.08. The molecule has 0 radical (unpaired) electrons. The second-order valence-corrected chi connectivity index (χ2v) is 6.08. The maximum absolute atomic E-state index is 12.5. The molecule has 6 heteroatoms. The summed E-state index contributed by atoms with van der Waals surface area (Å²) in [6.45, 7) is 2.24. The highest BCUT2D eigenvalue weighted by atomic mass is 16.4. The molecule has 0 bridgehead atoms. The maximum Gasteiger partial charge on any atom is 0.337 e. The summed E-state index contributed by atoms with van der Waals surface area (Å²) >= 11 is 0. The van der Waals surface area contributed by atoms with E-state index < -0.39 is 11.9 Å². The number of carbonyl (C=O) groups is 3. The van der Waals surface area contributed by atoms with E-state index in [1.807, 2.05) is 31.2 Å². The van der Waals surface area contributed by atoms with Crippen LogP contribution in [0.5, 0.6) is 0 Å². The van der Waals surface area contributed by atoms with Crippen molar-refractivity contribution in [2.45, 2.75) is 13.3 Å². The molecule has 0 spiro atoms. The largest absolute Gasteiger partial charge is 0.478 e. The number of aromatic carboxylic acids is 1. The third-order valence-electron chi connectivity index (χ3n) is 4.26. The van der Waals surface area contributed by atoms with E-state index >= 15 is 0 Å². The third kappa shape index (κ3) is 3.52. The van der Waals surface area contributed by atoms with Gasteiger partial charge in [-0.05, 0) is 31.2 Å². The molecule has 2 amide bonds. The van der Waals surface area contributed by atoms with Gasteiger partial charge in [0.25, 0.3) is 0 Å². The second kappa shape index (κ2) is 6.76. The maximum atomic E-state index is 12.5. The lowest BCUT2D eigenvalue weighted by Gasteiger charge is -2.17. The molecule has 0 aromatic heterocycles. The number of carboxylic acid groups (broad SMARTS) is 1. The molecule has 2 aromatic rings. The summed E-state index contributed by atoms with van der Waals surface area (Å²) in [7, 11) is 0. The smallest absolute Gasteiger partial charge is 0.337 e. The summed E-state index contributed by atoms with van der Waals surface area (Å²) < 4.78 is 0. The molecule has 2 N–H and O–H groups in total. The number of benzene rings is 2. The first-order valence-electron chi connectivity index (χ1n) is 7.96. The Morgan fingerprint density at radius 2 is 1.80 bits per heavy atom. The quantitative estimate of drug-likeness (QED) is 0.897. The van der Waals surface area contributed by atoms with E-state index in [0.717, 1.165) is 11.3 Å². The summed E-state index contributed by atoms with van der Waals surface area (Å²) in [5.41, 5.74) is 2.11. The van der Waals surface area contributed by atoms with Crippen LogP contribution < -0.4 is 10.2 Å². The van der Waals surface area contributed by atoms with Gasteiger partial charge in [-0.3, -0.25) is 9.59 Å². The van der Waals surface area contributed by atoms with Crippen molar-refractivity contribution in [1.82, 2.24) is 0 Å². The lowest BCUT2D eigenvalue weighted by Crippen LogP contribution is -2.28. The average molecular weight is 338 g/mol. The highest BCUT2D eigenvalue weighted by Gasteiger charge is 2.35. The van der Waals surface area contributed by atoms with E-state index in [9.17, 15) is 19.5 Å². The van der Waals surface area contributed by atoms with Crippen LogP contribution in [0.15, 0.2) is 48.5 Å². The molecule has 1 atom stereocenters. The van der Waals surface area contributed by atoms with Gasteiger partial charge in [-0.1, -0.05) is 29.8 Å². The van der Waals surface area contributed by atoms with Crippen LogP contribution >= 0.6 is 0 Å². The lowest BCUT2D eigenvalue weighted by atomic mass is 10.1. The minimum absolute atomic E-state index is 0.0237. The number of rotatable bonds is 4. The van der Waals surface area contributed by atoms with Crippen molar-refractivity contribution < 1.29 is 19.5 Å². The highest BCUT2D eigenvalue weighted by molar-refractivity contribution is 6.05. The number of anilines is 2. The zero-order valence-corrected chi connectivity index (χ0v) is 13.7. The summed E-state index contributed by atoms with van der Waals surface area (Å²) in [6, 6.07) is 13.8. The molecule has 0 aliphatic carbocycles. The Hall–Kier alpha value is -3.15. The van der Waals surface area contributed by atoms with Gasteiger partial charge in [0.15, 0.2) is 0 Å². The number of carboxylic acids is 1. The highest BCUT2D eigenvalue weighted by Crippen LogP contribution is 2.26. The number of hydrogen-bond acceptors (Lipinski definition) is 3. The van der Waals surface area contributed by atoms with Gasteiger partial charge in [-0.25, -0.2) is 4.79 Å². The van der Waals surface area contributed by atoms with Gasteiger partial charge < -0.3 is 15.3 Å². The fraction of sp³-hybridized carbons (Fsp3) is 0.211. The van der Waals surface area contributed by atoms with Gasteiger partial charge in [-0.2, -0.15) is 0 Å². The van der Waals surface area contributed by atoms with Crippen molar-refractivity contribution >= 4 is 29.2 Å². The Morgan fingerprint density at radius 3 is 2.48 bits per heavy atom. The Labute approximate surface area is 145 Å². The van der Waals surface area contributed by atoms with Crippen molar-refractivity contribution in [2.75, 3.05) is 16.8 Å². The van der Waals surface area contributed by atoms with Crippen LogP contribution in [-0.2, 0) is 9.59 Å². The van der Waals surface area contributed by atoms with Gasteiger partial charge in [0.1, 0.15) is 0 Å². The SMILES string of the molecule is Cc1ccc(N2C[C@@H](C(=O)Nc3ccccc3C(=O)O)CC2=O)cc1. The number of para-hydroxylation sites is 1. The first-order chi connectivity index (χ1) is 12.0. The Kier molecular flexibility index (Phi) is 4.52. The molecule has 128 valence electrons. The molecule has 2 aromatic carbocycles. The zero-order chi connectivity index (χ0) is 18.0. The Morgan fingerprint density at radius 1 is 1.12 bits per heavy atom. The van der Waals surface area contributed by atoms with E-state index in [-0.39, 0.29) is 36.0 Å². The van der Waals surface area contributed by atoms with Gasteiger partial charge in [0, 0.05) is 18.7 Å². The number of amides is 2. The van der Waals surface area contributed by atoms with Crippen LogP contribution in [0.4, 0.5) is 11.4 Å². The van der Waals surface area contributed by atoms with Crippen LogP contribution in [-0.4, -0.2) is 29.4 Å². The van der Waals surface area contributed by atoms with Crippen LogP contribution in [0.25, 0.3) is 0 Å². The summed E-state index contributed by atoms with van der Waals surface area (Å²) in [5, 5.41) is 11.8. The molecule has 1 aliphatic rings. The standard InChI is InChI=1S/C19H18N2O4/c1-12-6-8-14(9-7-12)21-11-13(10-17(21)22)18(23)20-16-5-3-2-4-15(16)19(24)25/h2-9,13H,10-11H2,1H3,(H,20,23)(H,24,25)/t13-/m0/s1. The first kappa shape index (κ1) is 16.7. The van der Waals surface area contributed by atoms with E-state index in [4.69, 9.17) is 0 Å². The third-order valence-corrected chi connectivity index (χ3v) is 4.26. The minimum Gasteiger partial charge on any atom is -0.478 e. The van der Waals surface area contributed by atoms with E-state index in [2.05, 4.69) is 5.32 Å². The topological polar surface area (TPSA) is 86.7 Å². The number of hydrogen-bond donors (Lipinski definition) is 2. The van der Waals surface area contributed by atoms with Crippen molar-refractivity contribution in [1.29, 1.82) is 0 Å². The van der Waals surface area contributed by atoms with Crippen molar-refractivity contribution in [3.63, 3.8) is 0 Å². The van der Waals surface area contributed by atoms with Crippen LogP contribution in [0.1, 0.15) is 22.3 Å². The van der Waals surface area contributed by atoms with E-state index in [1.165, 1.54) is 12.1 Å². The molecule has 1 saturated heterocycles. The van der Waals surface area contributed by atoms with E-state index in [0.29, 0.717) is 0 Å². The molecule has 25 heavy (non-hydrogen) atoms. The van der Waals surface area contributed by atoms with Crippen molar-refractivity contribution in [3.8, 4) is 0 Å². The van der Waals surface area contributed by atoms with Gasteiger partial charge >= 0.3 is 5.97 Å². The molecule has 3 rings (SSSR count). The Balaban J connectivity index is 1.73. The zero-order valence-electron chi connectivity index (χ0n) is 13.7. The number of carbonyl (C=O) groups excluding carboxylic acids is 2. The summed E-state index contributed by atoms with van der Waals surface area (Å²) in [4.78, 5) is 37.6. The predicted molar refractivity (Wildman–Crippen MR) is 93.7 cm³/mol. The Bertz CT molecular complexity index is 830. The minimum atomic E-state index is -1.11. The molecule has 0 saturated carbocycles. The summed E-state index contributed by atoms with van der Waals surface area (Å²) in [5.74, 6) is -2.09. The monoisotopic (exact) mass is 338 g/mol.